The van der Waals surface area contributed by atoms with Crippen molar-refractivity contribution in [2.75, 3.05) is 11.9 Å². The lowest BCUT2D eigenvalue weighted by Crippen LogP contribution is -2.36. The summed E-state index contributed by atoms with van der Waals surface area (Å²) in [6.07, 6.45) is 2.54. The average Bonchev–Trinajstić information content (AvgIpc) is 3.03. The number of aryl methyl sites for hydroxylation is 1. The van der Waals surface area contributed by atoms with E-state index in [0.717, 1.165) is 16.5 Å². The SMILES string of the molecule is Cc1cccc2[nH]cc(CCNC(=O)C(=O)Nc3cccc(Cl)c3Cl)c12. The van der Waals surface area contributed by atoms with Gasteiger partial charge in [-0.3, -0.25) is 9.59 Å². The number of benzene rings is 2. The van der Waals surface area contributed by atoms with Crippen molar-refractivity contribution < 1.29 is 9.59 Å². The van der Waals surface area contributed by atoms with E-state index in [9.17, 15) is 9.59 Å². The van der Waals surface area contributed by atoms with Gasteiger partial charge in [-0.1, -0.05) is 41.4 Å². The summed E-state index contributed by atoms with van der Waals surface area (Å²) in [5, 5.41) is 6.73. The second-order valence-corrected chi connectivity index (χ2v) is 6.66. The summed E-state index contributed by atoms with van der Waals surface area (Å²) in [7, 11) is 0. The lowest BCUT2D eigenvalue weighted by Gasteiger charge is -2.08. The van der Waals surface area contributed by atoms with Crippen molar-refractivity contribution in [3.8, 4) is 0 Å². The largest absolute Gasteiger partial charge is 0.361 e. The molecule has 1 aromatic heterocycles. The van der Waals surface area contributed by atoms with Crippen LogP contribution in [0.2, 0.25) is 10.0 Å². The molecule has 2 aromatic carbocycles. The first-order valence-electron chi connectivity index (χ1n) is 8.06. The van der Waals surface area contributed by atoms with Crippen molar-refractivity contribution in [3.63, 3.8) is 0 Å². The van der Waals surface area contributed by atoms with Crippen LogP contribution in [0.4, 0.5) is 5.69 Å². The van der Waals surface area contributed by atoms with Crippen LogP contribution in [-0.2, 0) is 16.0 Å². The molecule has 26 heavy (non-hydrogen) atoms. The molecule has 0 aliphatic heterocycles. The number of aromatic nitrogens is 1. The smallest absolute Gasteiger partial charge is 0.313 e. The molecule has 0 saturated heterocycles. The van der Waals surface area contributed by atoms with Gasteiger partial charge in [-0.25, -0.2) is 0 Å². The number of H-pyrrole nitrogens is 1. The molecule has 5 nitrogen and oxygen atoms in total. The Labute approximate surface area is 160 Å². The van der Waals surface area contributed by atoms with Gasteiger partial charge < -0.3 is 15.6 Å². The van der Waals surface area contributed by atoms with Crippen molar-refractivity contribution in [1.82, 2.24) is 10.3 Å². The minimum absolute atomic E-state index is 0.199. The molecule has 134 valence electrons. The highest BCUT2D eigenvalue weighted by Crippen LogP contribution is 2.29. The number of carbonyl (C=O) groups is 2. The fourth-order valence-corrected chi connectivity index (χ4v) is 3.17. The maximum atomic E-state index is 12.0. The molecule has 3 aromatic rings. The van der Waals surface area contributed by atoms with E-state index < -0.39 is 11.8 Å². The number of halogens is 2. The number of anilines is 1. The van der Waals surface area contributed by atoms with Gasteiger partial charge in [0.25, 0.3) is 0 Å². The maximum absolute atomic E-state index is 12.0. The van der Waals surface area contributed by atoms with Crippen molar-refractivity contribution in [1.29, 1.82) is 0 Å². The Bertz CT molecular complexity index is 982. The highest BCUT2D eigenvalue weighted by molar-refractivity contribution is 6.45. The Morgan fingerprint density at radius 3 is 2.65 bits per heavy atom. The molecule has 0 unspecified atom stereocenters. The van der Waals surface area contributed by atoms with Crippen LogP contribution >= 0.6 is 23.2 Å². The second kappa shape index (κ2) is 7.81. The lowest BCUT2D eigenvalue weighted by molar-refractivity contribution is -0.136. The average molecular weight is 390 g/mol. The van der Waals surface area contributed by atoms with Gasteiger partial charge in [-0.15, -0.1) is 0 Å². The molecule has 0 saturated carbocycles. The van der Waals surface area contributed by atoms with E-state index in [0.29, 0.717) is 23.7 Å². The first-order valence-corrected chi connectivity index (χ1v) is 8.81. The third kappa shape index (κ3) is 3.84. The molecule has 0 aliphatic rings. The number of hydrogen-bond donors (Lipinski definition) is 3. The van der Waals surface area contributed by atoms with Gasteiger partial charge in [0.05, 0.1) is 15.7 Å². The molecule has 0 atom stereocenters. The zero-order valence-electron chi connectivity index (χ0n) is 14.0. The minimum atomic E-state index is -0.788. The molecule has 1 heterocycles. The van der Waals surface area contributed by atoms with Crippen LogP contribution in [0.1, 0.15) is 11.1 Å². The molecule has 3 rings (SSSR count). The number of aromatic amines is 1. The molecular formula is C19H17Cl2N3O2. The third-order valence-corrected chi connectivity index (χ3v) is 4.90. The summed E-state index contributed by atoms with van der Waals surface area (Å²) in [5.74, 6) is -1.51. The Kier molecular flexibility index (Phi) is 5.49. The van der Waals surface area contributed by atoms with Gasteiger partial charge in [0.15, 0.2) is 0 Å². The molecule has 7 heteroatoms. The summed E-state index contributed by atoms with van der Waals surface area (Å²) in [4.78, 5) is 27.2. The van der Waals surface area contributed by atoms with Crippen molar-refractivity contribution in [2.24, 2.45) is 0 Å². The maximum Gasteiger partial charge on any atom is 0.313 e. The van der Waals surface area contributed by atoms with Crippen LogP contribution in [0.15, 0.2) is 42.6 Å². The predicted molar refractivity (Wildman–Crippen MR) is 105 cm³/mol. The van der Waals surface area contributed by atoms with E-state index in [2.05, 4.69) is 15.6 Å². The Morgan fingerprint density at radius 1 is 1.08 bits per heavy atom. The second-order valence-electron chi connectivity index (χ2n) is 5.87. The first kappa shape index (κ1) is 18.3. The van der Waals surface area contributed by atoms with E-state index in [1.807, 2.05) is 31.3 Å². The van der Waals surface area contributed by atoms with Crippen molar-refractivity contribution in [2.45, 2.75) is 13.3 Å². The van der Waals surface area contributed by atoms with E-state index >= 15 is 0 Å². The van der Waals surface area contributed by atoms with E-state index in [-0.39, 0.29) is 5.02 Å². The number of nitrogens with one attached hydrogen (secondary N) is 3. The normalized spacial score (nSPS) is 10.7. The molecule has 0 aliphatic carbocycles. The van der Waals surface area contributed by atoms with E-state index in [1.165, 1.54) is 5.56 Å². The summed E-state index contributed by atoms with van der Waals surface area (Å²) in [5.41, 5.74) is 3.61. The summed E-state index contributed by atoms with van der Waals surface area (Å²) in [6, 6.07) is 10.9. The van der Waals surface area contributed by atoms with Gasteiger partial charge in [0, 0.05) is 23.6 Å². The number of fused-ring (bicyclic) bond motifs is 1. The zero-order chi connectivity index (χ0) is 18.7. The van der Waals surface area contributed by atoms with Crippen molar-refractivity contribution in [3.05, 3.63) is 63.8 Å². The van der Waals surface area contributed by atoms with Crippen LogP contribution in [0.3, 0.4) is 0 Å². The molecule has 3 N–H and O–H groups in total. The fourth-order valence-electron chi connectivity index (χ4n) is 2.82. The minimum Gasteiger partial charge on any atom is -0.361 e. The van der Waals surface area contributed by atoms with Gasteiger partial charge in [0.2, 0.25) is 0 Å². The number of hydrogen-bond acceptors (Lipinski definition) is 2. The molecule has 0 radical (unpaired) electrons. The van der Waals surface area contributed by atoms with Crippen LogP contribution in [0.5, 0.6) is 0 Å². The Hall–Kier alpha value is -2.50. The van der Waals surface area contributed by atoms with Crippen LogP contribution < -0.4 is 10.6 Å². The number of rotatable bonds is 4. The number of carbonyl (C=O) groups excluding carboxylic acids is 2. The van der Waals surface area contributed by atoms with Crippen LogP contribution in [-0.4, -0.2) is 23.3 Å². The molecule has 0 fully saturated rings. The van der Waals surface area contributed by atoms with Gasteiger partial charge in [0.1, 0.15) is 0 Å². The monoisotopic (exact) mass is 389 g/mol. The zero-order valence-corrected chi connectivity index (χ0v) is 15.5. The molecule has 2 amide bonds. The van der Waals surface area contributed by atoms with Gasteiger partial charge in [-0.2, -0.15) is 0 Å². The molecule has 0 bridgehead atoms. The highest BCUT2D eigenvalue weighted by Gasteiger charge is 2.16. The Balaban J connectivity index is 1.58. The lowest BCUT2D eigenvalue weighted by atomic mass is 10.1. The summed E-state index contributed by atoms with van der Waals surface area (Å²) in [6.45, 7) is 2.39. The quantitative estimate of drug-likeness (QED) is 0.588. The van der Waals surface area contributed by atoms with E-state index in [4.69, 9.17) is 23.2 Å². The summed E-state index contributed by atoms with van der Waals surface area (Å²) >= 11 is 11.9. The highest BCUT2D eigenvalue weighted by atomic mass is 35.5. The number of amides is 2. The summed E-state index contributed by atoms with van der Waals surface area (Å²) < 4.78 is 0. The molecule has 0 spiro atoms. The third-order valence-electron chi connectivity index (χ3n) is 4.08. The topological polar surface area (TPSA) is 74.0 Å². The van der Waals surface area contributed by atoms with Gasteiger partial charge >= 0.3 is 11.8 Å². The van der Waals surface area contributed by atoms with E-state index in [1.54, 1.807) is 18.2 Å². The predicted octanol–water partition coefficient (Wildman–Crippen LogP) is 4.08. The van der Waals surface area contributed by atoms with Crippen molar-refractivity contribution >= 4 is 51.6 Å². The van der Waals surface area contributed by atoms with Gasteiger partial charge in [-0.05, 0) is 42.7 Å². The van der Waals surface area contributed by atoms with Crippen LogP contribution in [0, 0.1) is 6.92 Å². The first-order chi connectivity index (χ1) is 12.5. The fraction of sp³-hybridized carbons (Fsp3) is 0.158. The molecular weight excluding hydrogens is 373 g/mol. The van der Waals surface area contributed by atoms with Crippen LogP contribution in [0.25, 0.3) is 10.9 Å². The Morgan fingerprint density at radius 2 is 1.85 bits per heavy atom. The standard InChI is InChI=1S/C19H17Cl2N3O2/c1-11-4-2-6-14-16(11)12(10-23-14)8-9-22-18(25)19(26)24-15-7-3-5-13(20)17(15)21/h2-7,10,23H,8-9H2,1H3,(H,22,25)(H,24,26).